The molecule has 0 heterocycles. The van der Waals surface area contributed by atoms with Crippen LogP contribution in [0, 0.1) is 0 Å². The number of hydrogen-bond acceptors (Lipinski definition) is 3. The highest BCUT2D eigenvalue weighted by molar-refractivity contribution is 6.31. The van der Waals surface area contributed by atoms with Gasteiger partial charge in [0.25, 0.3) is 0 Å². The van der Waals surface area contributed by atoms with Gasteiger partial charge in [-0.3, -0.25) is 9.59 Å². The van der Waals surface area contributed by atoms with Crippen LogP contribution >= 0.6 is 11.6 Å². The molecule has 3 nitrogen and oxygen atoms in total. The fraction of sp³-hybridized carbons (Fsp3) is 0.714. The highest BCUT2D eigenvalue weighted by atomic mass is 35.5. The molecule has 0 aliphatic heterocycles. The van der Waals surface area contributed by atoms with Crippen molar-refractivity contribution in [2.24, 2.45) is 0 Å². The van der Waals surface area contributed by atoms with Crippen molar-refractivity contribution >= 4 is 23.4 Å². The first kappa shape index (κ1) is 10.4. The number of rotatable bonds is 4. The molecule has 1 unspecified atom stereocenters. The summed E-state index contributed by atoms with van der Waals surface area (Å²) >= 11 is 5.42. The Kier molecular flexibility index (Phi) is 4.86. The van der Waals surface area contributed by atoms with Crippen molar-refractivity contribution in [1.29, 1.82) is 0 Å². The summed E-state index contributed by atoms with van der Waals surface area (Å²) in [5.41, 5.74) is 0. The maximum absolute atomic E-state index is 10.8. The number of ketones is 1. The Balaban J connectivity index is 3.67. The highest BCUT2D eigenvalue weighted by Gasteiger charge is 2.14. The minimum Gasteiger partial charge on any atom is -0.466 e. The van der Waals surface area contributed by atoms with E-state index >= 15 is 0 Å². The molecule has 1 atom stereocenters. The number of carbonyl (C=O) groups excluding carboxylic acids is 2. The maximum atomic E-state index is 10.8. The highest BCUT2D eigenvalue weighted by Crippen LogP contribution is 2.00. The zero-order valence-electron chi connectivity index (χ0n) is 6.59. The van der Waals surface area contributed by atoms with E-state index in [1.807, 2.05) is 0 Å². The monoisotopic (exact) mass is 178 g/mol. The molecule has 0 aliphatic rings. The van der Waals surface area contributed by atoms with Crippen LogP contribution < -0.4 is 0 Å². The van der Waals surface area contributed by atoms with E-state index in [1.54, 1.807) is 6.92 Å². The molecule has 0 bridgehead atoms. The number of Topliss-reactive ketones (excluding diaryl/α,β-unsaturated/α-hetero) is 1. The van der Waals surface area contributed by atoms with Gasteiger partial charge in [0.15, 0.2) is 5.78 Å². The average Bonchev–Trinajstić information content (AvgIpc) is 1.87. The predicted molar refractivity (Wildman–Crippen MR) is 41.6 cm³/mol. The summed E-state index contributed by atoms with van der Waals surface area (Å²) in [5, 5.41) is -0.612. The van der Waals surface area contributed by atoms with Crippen LogP contribution in [0.25, 0.3) is 0 Å². The van der Waals surface area contributed by atoms with Crippen molar-refractivity contribution in [3.63, 3.8) is 0 Å². The fourth-order valence-electron chi connectivity index (χ4n) is 0.495. The molecule has 0 spiro atoms. The van der Waals surface area contributed by atoms with Gasteiger partial charge in [0.2, 0.25) is 0 Å². The molecule has 0 aromatic heterocycles. The Morgan fingerprint density at radius 2 is 2.09 bits per heavy atom. The average molecular weight is 179 g/mol. The third-order valence-corrected chi connectivity index (χ3v) is 1.31. The molecule has 0 fully saturated rings. The minimum absolute atomic E-state index is 0.224. The third kappa shape index (κ3) is 4.79. The van der Waals surface area contributed by atoms with Gasteiger partial charge in [-0.1, -0.05) is 0 Å². The van der Waals surface area contributed by atoms with Gasteiger partial charge in [-0.25, -0.2) is 0 Å². The molecule has 0 aromatic carbocycles. The lowest BCUT2D eigenvalue weighted by atomic mass is 10.2. The predicted octanol–water partition coefficient (Wildman–Crippen LogP) is 1.14. The summed E-state index contributed by atoms with van der Waals surface area (Å²) in [6, 6.07) is 0. The van der Waals surface area contributed by atoms with Crippen LogP contribution in [0.2, 0.25) is 0 Å². The van der Waals surface area contributed by atoms with E-state index in [1.165, 1.54) is 6.92 Å². The van der Waals surface area contributed by atoms with E-state index < -0.39 is 11.3 Å². The smallest absolute Gasteiger partial charge is 0.313 e. The second kappa shape index (κ2) is 5.13. The molecule has 0 radical (unpaired) electrons. The zero-order valence-corrected chi connectivity index (χ0v) is 7.35. The first-order valence-electron chi connectivity index (χ1n) is 3.40. The van der Waals surface area contributed by atoms with Gasteiger partial charge in [0.05, 0.1) is 12.0 Å². The SMILES string of the molecule is CCOC(=O)CC(=O)C(C)Cl. The van der Waals surface area contributed by atoms with Crippen LogP contribution in [0.3, 0.4) is 0 Å². The Morgan fingerprint density at radius 1 is 1.55 bits per heavy atom. The molecule has 0 rings (SSSR count). The van der Waals surface area contributed by atoms with Crippen LogP contribution in [0.5, 0.6) is 0 Å². The summed E-state index contributed by atoms with van der Waals surface area (Å²) in [5.74, 6) is -0.810. The molecule has 0 saturated carbocycles. The summed E-state index contributed by atoms with van der Waals surface area (Å²) < 4.78 is 4.54. The quantitative estimate of drug-likeness (QED) is 0.368. The fourth-order valence-corrected chi connectivity index (χ4v) is 0.572. The van der Waals surface area contributed by atoms with Crippen LogP contribution in [-0.2, 0) is 14.3 Å². The Morgan fingerprint density at radius 3 is 2.45 bits per heavy atom. The van der Waals surface area contributed by atoms with Gasteiger partial charge in [-0.15, -0.1) is 11.6 Å². The molecule has 4 heteroatoms. The second-order valence-electron chi connectivity index (χ2n) is 2.06. The van der Waals surface area contributed by atoms with Crippen LogP contribution in [-0.4, -0.2) is 23.7 Å². The number of carbonyl (C=O) groups is 2. The van der Waals surface area contributed by atoms with Crippen molar-refractivity contribution in [2.75, 3.05) is 6.61 Å². The topological polar surface area (TPSA) is 43.4 Å². The van der Waals surface area contributed by atoms with E-state index in [4.69, 9.17) is 11.6 Å². The number of halogens is 1. The van der Waals surface area contributed by atoms with Crippen molar-refractivity contribution in [3.05, 3.63) is 0 Å². The molecule has 64 valence electrons. The van der Waals surface area contributed by atoms with Crippen molar-refractivity contribution in [3.8, 4) is 0 Å². The molecule has 11 heavy (non-hydrogen) atoms. The molecule has 0 aliphatic carbocycles. The van der Waals surface area contributed by atoms with E-state index in [0.29, 0.717) is 6.61 Å². The first-order chi connectivity index (χ1) is 5.07. The number of hydrogen-bond donors (Lipinski definition) is 0. The Hall–Kier alpha value is -0.570. The van der Waals surface area contributed by atoms with Crippen molar-refractivity contribution in [1.82, 2.24) is 0 Å². The molecule has 0 N–H and O–H groups in total. The lowest BCUT2D eigenvalue weighted by Crippen LogP contribution is -2.17. The van der Waals surface area contributed by atoms with Crippen molar-refractivity contribution in [2.45, 2.75) is 25.6 Å². The summed E-state index contributed by atoms with van der Waals surface area (Å²) in [6.45, 7) is 3.51. The lowest BCUT2D eigenvalue weighted by Gasteiger charge is -2.01. The Bertz CT molecular complexity index is 154. The summed E-state index contributed by atoms with van der Waals surface area (Å²) in [4.78, 5) is 21.5. The van der Waals surface area contributed by atoms with Crippen molar-refractivity contribution < 1.29 is 14.3 Å². The van der Waals surface area contributed by atoms with Gasteiger partial charge in [0.1, 0.15) is 6.42 Å². The van der Waals surface area contributed by atoms with Gasteiger partial charge in [-0.2, -0.15) is 0 Å². The normalized spacial score (nSPS) is 12.3. The minimum atomic E-state index is -0.612. The molecule has 0 saturated heterocycles. The Labute approximate surface area is 70.7 Å². The summed E-state index contributed by atoms with van der Waals surface area (Å²) in [7, 11) is 0. The first-order valence-corrected chi connectivity index (χ1v) is 3.84. The van der Waals surface area contributed by atoms with Crippen LogP contribution in [0.1, 0.15) is 20.3 Å². The zero-order chi connectivity index (χ0) is 8.85. The molecular weight excluding hydrogens is 168 g/mol. The van der Waals surface area contributed by atoms with Crippen LogP contribution in [0.15, 0.2) is 0 Å². The van der Waals surface area contributed by atoms with E-state index in [0.717, 1.165) is 0 Å². The van der Waals surface area contributed by atoms with Gasteiger partial charge in [0, 0.05) is 0 Å². The number of alkyl halides is 1. The number of ether oxygens (including phenoxy) is 1. The van der Waals surface area contributed by atoms with E-state index in [-0.39, 0.29) is 12.2 Å². The molecular formula is C7H11ClO3. The van der Waals surface area contributed by atoms with E-state index in [2.05, 4.69) is 4.74 Å². The number of esters is 1. The van der Waals surface area contributed by atoms with E-state index in [9.17, 15) is 9.59 Å². The van der Waals surface area contributed by atoms with Crippen LogP contribution in [0.4, 0.5) is 0 Å². The van der Waals surface area contributed by atoms with Gasteiger partial charge >= 0.3 is 5.97 Å². The maximum Gasteiger partial charge on any atom is 0.313 e. The van der Waals surface area contributed by atoms with Gasteiger partial charge in [-0.05, 0) is 13.8 Å². The summed E-state index contributed by atoms with van der Waals surface area (Å²) in [6.07, 6.45) is -0.224. The largest absolute Gasteiger partial charge is 0.466 e. The standard InChI is InChI=1S/C7H11ClO3/c1-3-11-7(10)4-6(9)5(2)8/h5H,3-4H2,1-2H3. The molecule has 0 amide bonds. The lowest BCUT2D eigenvalue weighted by molar-refractivity contribution is -0.145. The molecule has 0 aromatic rings. The van der Waals surface area contributed by atoms with Gasteiger partial charge < -0.3 is 4.74 Å². The third-order valence-electron chi connectivity index (χ3n) is 1.07. The second-order valence-corrected chi connectivity index (χ2v) is 2.72.